The molecule has 1 aromatic carbocycles. The van der Waals surface area contributed by atoms with Crippen LogP contribution in [0.4, 0.5) is 22.0 Å². The Morgan fingerprint density at radius 3 is 3.00 bits per heavy atom. The summed E-state index contributed by atoms with van der Waals surface area (Å²) in [5.74, 6) is 1.71. The van der Waals surface area contributed by atoms with Gasteiger partial charge in [0.05, 0.1) is 0 Å². The van der Waals surface area contributed by atoms with E-state index in [-0.39, 0.29) is 5.92 Å². The topological polar surface area (TPSA) is 94.3 Å². The number of nitrogens with zero attached hydrogens (tertiary/aromatic N) is 3. The molecule has 0 amide bonds. The summed E-state index contributed by atoms with van der Waals surface area (Å²) >= 11 is 0. The normalized spacial score (nSPS) is 18.6. The van der Waals surface area contributed by atoms with Gasteiger partial charge in [0.25, 0.3) is 0 Å². The predicted octanol–water partition coefficient (Wildman–Crippen LogP) is 3.86. The SMILES string of the molecule is F[C@@H]1CC1c1cc(Nc2ccnc(NCc3cccc4[nH]ccc34)n2)n[nH]1. The third-order valence-corrected chi connectivity index (χ3v) is 4.74. The first-order valence-corrected chi connectivity index (χ1v) is 8.84. The summed E-state index contributed by atoms with van der Waals surface area (Å²) in [5, 5.41) is 14.6. The van der Waals surface area contributed by atoms with Gasteiger partial charge >= 0.3 is 0 Å². The zero-order valence-electron chi connectivity index (χ0n) is 14.4. The Hall–Kier alpha value is -3.42. The minimum Gasteiger partial charge on any atom is -0.361 e. The van der Waals surface area contributed by atoms with E-state index in [4.69, 9.17) is 0 Å². The van der Waals surface area contributed by atoms with Crippen LogP contribution in [-0.2, 0) is 6.54 Å². The Kier molecular flexibility index (Phi) is 3.74. The number of hydrogen-bond donors (Lipinski definition) is 4. The number of halogens is 1. The van der Waals surface area contributed by atoms with Gasteiger partial charge in [-0.1, -0.05) is 12.1 Å². The summed E-state index contributed by atoms with van der Waals surface area (Å²) in [7, 11) is 0. The number of alkyl halides is 1. The van der Waals surface area contributed by atoms with Gasteiger partial charge < -0.3 is 15.6 Å². The Labute approximate surface area is 154 Å². The molecule has 5 rings (SSSR count). The molecule has 0 bridgehead atoms. The smallest absolute Gasteiger partial charge is 0.224 e. The van der Waals surface area contributed by atoms with Crippen LogP contribution in [0.1, 0.15) is 23.6 Å². The lowest BCUT2D eigenvalue weighted by atomic mass is 10.1. The molecular weight excluding hydrogens is 345 g/mol. The van der Waals surface area contributed by atoms with E-state index in [0.717, 1.165) is 16.8 Å². The molecule has 27 heavy (non-hydrogen) atoms. The summed E-state index contributed by atoms with van der Waals surface area (Å²) in [6.07, 6.45) is 3.43. The van der Waals surface area contributed by atoms with Gasteiger partial charge in [0, 0.05) is 47.5 Å². The van der Waals surface area contributed by atoms with Gasteiger partial charge in [-0.2, -0.15) is 10.1 Å². The fourth-order valence-electron chi connectivity index (χ4n) is 3.20. The molecule has 1 fully saturated rings. The van der Waals surface area contributed by atoms with Gasteiger partial charge in [0.1, 0.15) is 12.0 Å². The third kappa shape index (κ3) is 3.21. The molecule has 3 aromatic heterocycles. The largest absolute Gasteiger partial charge is 0.361 e. The Bertz CT molecular complexity index is 1090. The molecular formula is C19H18FN7. The Morgan fingerprint density at radius 1 is 1.19 bits per heavy atom. The molecule has 7 nitrogen and oxygen atoms in total. The maximum absolute atomic E-state index is 13.2. The van der Waals surface area contributed by atoms with E-state index in [1.807, 2.05) is 24.4 Å². The van der Waals surface area contributed by atoms with Crippen LogP contribution in [0.5, 0.6) is 0 Å². The van der Waals surface area contributed by atoms with Crippen molar-refractivity contribution in [3.05, 3.63) is 60.0 Å². The number of benzene rings is 1. The number of hydrogen-bond acceptors (Lipinski definition) is 5. The first-order chi connectivity index (χ1) is 13.3. The maximum Gasteiger partial charge on any atom is 0.224 e. The van der Waals surface area contributed by atoms with Crippen LogP contribution >= 0.6 is 0 Å². The third-order valence-electron chi connectivity index (χ3n) is 4.74. The van der Waals surface area contributed by atoms with Crippen LogP contribution in [0.15, 0.2) is 48.8 Å². The maximum atomic E-state index is 13.2. The molecule has 1 saturated carbocycles. The van der Waals surface area contributed by atoms with Crippen molar-refractivity contribution in [1.29, 1.82) is 0 Å². The number of anilines is 3. The average molecular weight is 363 g/mol. The van der Waals surface area contributed by atoms with Crippen LogP contribution in [0.25, 0.3) is 10.9 Å². The molecule has 136 valence electrons. The van der Waals surface area contributed by atoms with Crippen molar-refractivity contribution in [2.75, 3.05) is 10.6 Å². The standard InChI is InChI=1S/C19H18FN7/c20-14-8-13(14)16-9-18(27-26-16)24-17-5-7-22-19(25-17)23-10-11-2-1-3-15-12(11)4-6-21-15/h1-7,9,13-14,21H,8,10H2,(H3,22,23,24,25,26,27)/t13?,14-/m1/s1. The second-order valence-electron chi connectivity index (χ2n) is 6.67. The molecule has 8 heteroatoms. The Balaban J connectivity index is 1.27. The molecule has 2 atom stereocenters. The minimum absolute atomic E-state index is 0.0492. The van der Waals surface area contributed by atoms with E-state index in [1.54, 1.807) is 12.3 Å². The van der Waals surface area contributed by atoms with Gasteiger partial charge in [-0.05, 0) is 30.2 Å². The first kappa shape index (κ1) is 15.8. The van der Waals surface area contributed by atoms with Gasteiger partial charge in [-0.25, -0.2) is 9.37 Å². The number of nitrogens with one attached hydrogen (secondary N) is 4. The molecule has 1 aliphatic carbocycles. The number of rotatable bonds is 6. The lowest BCUT2D eigenvalue weighted by molar-refractivity contribution is 0.466. The highest BCUT2D eigenvalue weighted by Crippen LogP contribution is 2.43. The lowest BCUT2D eigenvalue weighted by Gasteiger charge is -2.08. The van der Waals surface area contributed by atoms with Crippen molar-refractivity contribution >= 4 is 28.5 Å². The minimum atomic E-state index is -0.752. The van der Waals surface area contributed by atoms with Crippen molar-refractivity contribution in [1.82, 2.24) is 25.1 Å². The summed E-state index contributed by atoms with van der Waals surface area (Å²) in [6, 6.07) is 11.8. The predicted molar refractivity (Wildman–Crippen MR) is 102 cm³/mol. The summed E-state index contributed by atoms with van der Waals surface area (Å²) < 4.78 is 13.2. The lowest BCUT2D eigenvalue weighted by Crippen LogP contribution is -2.05. The molecule has 1 aliphatic rings. The van der Waals surface area contributed by atoms with E-state index < -0.39 is 6.17 Å². The highest BCUT2D eigenvalue weighted by Gasteiger charge is 2.40. The van der Waals surface area contributed by atoms with E-state index in [2.05, 4.69) is 47.9 Å². The van der Waals surface area contributed by atoms with Crippen molar-refractivity contribution in [2.45, 2.75) is 25.1 Å². The number of H-pyrrole nitrogens is 2. The van der Waals surface area contributed by atoms with Crippen LogP contribution in [0.2, 0.25) is 0 Å². The number of aromatic amines is 2. The number of aromatic nitrogens is 5. The highest BCUT2D eigenvalue weighted by atomic mass is 19.1. The molecule has 0 aliphatic heterocycles. The Morgan fingerprint density at radius 2 is 2.11 bits per heavy atom. The van der Waals surface area contributed by atoms with Crippen LogP contribution in [-0.4, -0.2) is 31.3 Å². The quantitative estimate of drug-likeness (QED) is 0.417. The zero-order chi connectivity index (χ0) is 18.2. The van der Waals surface area contributed by atoms with Crippen LogP contribution in [0.3, 0.4) is 0 Å². The fraction of sp³-hybridized carbons (Fsp3) is 0.211. The van der Waals surface area contributed by atoms with Gasteiger partial charge in [0.15, 0.2) is 5.82 Å². The molecule has 0 spiro atoms. The molecule has 4 aromatic rings. The molecule has 1 unspecified atom stereocenters. The molecule has 0 radical (unpaired) electrons. The summed E-state index contributed by atoms with van der Waals surface area (Å²) in [5.41, 5.74) is 3.08. The zero-order valence-corrected chi connectivity index (χ0v) is 14.4. The fourth-order valence-corrected chi connectivity index (χ4v) is 3.20. The van der Waals surface area contributed by atoms with E-state index >= 15 is 0 Å². The van der Waals surface area contributed by atoms with E-state index in [9.17, 15) is 4.39 Å². The first-order valence-electron chi connectivity index (χ1n) is 8.84. The van der Waals surface area contributed by atoms with Crippen molar-refractivity contribution in [3.8, 4) is 0 Å². The van der Waals surface area contributed by atoms with E-state index in [0.29, 0.717) is 30.5 Å². The second-order valence-corrected chi connectivity index (χ2v) is 6.67. The van der Waals surface area contributed by atoms with Gasteiger partial charge in [-0.3, -0.25) is 5.10 Å². The van der Waals surface area contributed by atoms with Crippen LogP contribution < -0.4 is 10.6 Å². The molecule has 4 N–H and O–H groups in total. The molecule has 0 saturated heterocycles. The average Bonchev–Trinajstić information content (AvgIpc) is 3.08. The summed E-state index contributed by atoms with van der Waals surface area (Å²) in [4.78, 5) is 11.9. The highest BCUT2D eigenvalue weighted by molar-refractivity contribution is 5.83. The van der Waals surface area contributed by atoms with E-state index in [1.165, 1.54) is 5.39 Å². The van der Waals surface area contributed by atoms with Crippen LogP contribution in [0, 0.1) is 0 Å². The van der Waals surface area contributed by atoms with Gasteiger partial charge in [-0.15, -0.1) is 0 Å². The van der Waals surface area contributed by atoms with Gasteiger partial charge in [0.2, 0.25) is 5.95 Å². The number of fused-ring (bicyclic) bond motifs is 1. The summed E-state index contributed by atoms with van der Waals surface area (Å²) in [6.45, 7) is 0.616. The monoisotopic (exact) mass is 363 g/mol. The second kappa shape index (κ2) is 6.39. The van der Waals surface area contributed by atoms with Crippen molar-refractivity contribution < 1.29 is 4.39 Å². The molecule has 3 heterocycles. The van der Waals surface area contributed by atoms with Crippen molar-refractivity contribution in [3.63, 3.8) is 0 Å². The van der Waals surface area contributed by atoms with Crippen molar-refractivity contribution in [2.24, 2.45) is 0 Å².